The molecule has 0 saturated heterocycles. The van der Waals surface area contributed by atoms with Crippen molar-refractivity contribution in [3.05, 3.63) is 9.75 Å². The van der Waals surface area contributed by atoms with Crippen LogP contribution in [-0.4, -0.2) is 0 Å². The molecule has 1 heterocycles. The number of hydrogen-bond acceptors (Lipinski definition) is 4. The molecule has 0 unspecified atom stereocenters. The maximum atomic E-state index is 2.49. The SMILES string of the molecule is CC1(C)[C@@H]2CC[C@@]1(C)c1ssssc12. The van der Waals surface area contributed by atoms with Gasteiger partial charge >= 0.3 is 0 Å². The highest BCUT2D eigenvalue weighted by Gasteiger charge is 2.60. The van der Waals surface area contributed by atoms with Gasteiger partial charge in [0, 0.05) is 21.1 Å². The van der Waals surface area contributed by atoms with Gasteiger partial charge in [0.15, 0.2) is 0 Å². The fraction of sp³-hybridized carbons (Fsp3) is 0.800. The first-order valence-electron chi connectivity index (χ1n) is 5.00. The topological polar surface area (TPSA) is 0 Å². The van der Waals surface area contributed by atoms with Crippen LogP contribution in [0, 0.1) is 5.41 Å². The lowest BCUT2D eigenvalue weighted by Gasteiger charge is -2.34. The summed E-state index contributed by atoms with van der Waals surface area (Å²) in [6.07, 6.45) is 2.82. The highest BCUT2D eigenvalue weighted by atomic mass is 33.4. The summed E-state index contributed by atoms with van der Waals surface area (Å²) < 4.78 is 0. The van der Waals surface area contributed by atoms with E-state index in [2.05, 4.69) is 20.8 Å². The third-order valence-electron chi connectivity index (χ3n) is 4.54. The molecule has 14 heavy (non-hydrogen) atoms. The van der Waals surface area contributed by atoms with Crippen LogP contribution in [0.2, 0.25) is 0 Å². The zero-order valence-electron chi connectivity index (χ0n) is 8.62. The molecule has 0 spiro atoms. The largest absolute Gasteiger partial charge is 0.0721 e. The standard InChI is InChI=1S/C10H14S4/c1-9(2)6-4-5-10(9,3)8-7(6)11-13-14-12-8/h6H,4-5H2,1-3H3/t6-,10+/m1/s1. The molecule has 2 bridgehead atoms. The van der Waals surface area contributed by atoms with Gasteiger partial charge < -0.3 is 0 Å². The van der Waals surface area contributed by atoms with Gasteiger partial charge in [-0.25, -0.2) is 0 Å². The second-order valence-corrected chi connectivity index (χ2v) is 10.9. The van der Waals surface area contributed by atoms with E-state index < -0.39 is 0 Å². The molecule has 1 aromatic heterocycles. The van der Waals surface area contributed by atoms with E-state index >= 15 is 0 Å². The molecule has 0 N–H and O–H groups in total. The summed E-state index contributed by atoms with van der Waals surface area (Å²) in [6.45, 7) is 7.43. The van der Waals surface area contributed by atoms with Crippen LogP contribution in [0.1, 0.15) is 49.3 Å². The van der Waals surface area contributed by atoms with Crippen molar-refractivity contribution in [2.75, 3.05) is 0 Å². The van der Waals surface area contributed by atoms with Crippen LogP contribution >= 0.6 is 39.4 Å². The van der Waals surface area contributed by atoms with Crippen molar-refractivity contribution in [2.45, 2.75) is 44.9 Å². The van der Waals surface area contributed by atoms with Gasteiger partial charge in [0.2, 0.25) is 0 Å². The van der Waals surface area contributed by atoms with E-state index in [9.17, 15) is 0 Å². The van der Waals surface area contributed by atoms with Crippen molar-refractivity contribution in [1.82, 2.24) is 0 Å². The Morgan fingerprint density at radius 1 is 1.14 bits per heavy atom. The second kappa shape index (κ2) is 2.84. The van der Waals surface area contributed by atoms with Gasteiger partial charge in [-0.2, -0.15) is 0 Å². The first-order chi connectivity index (χ1) is 6.57. The summed E-state index contributed by atoms with van der Waals surface area (Å²) in [4.78, 5) is 3.44. The quantitative estimate of drug-likeness (QED) is 0.561. The van der Waals surface area contributed by atoms with Gasteiger partial charge in [-0.05, 0) is 36.9 Å². The van der Waals surface area contributed by atoms with Gasteiger partial charge in [-0.15, -0.1) is 0 Å². The molecule has 1 saturated carbocycles. The van der Waals surface area contributed by atoms with Crippen LogP contribution in [0.5, 0.6) is 0 Å². The summed E-state index contributed by atoms with van der Waals surface area (Å²) >= 11 is 0. The third-order valence-corrected chi connectivity index (χ3v) is 11.2. The summed E-state index contributed by atoms with van der Waals surface area (Å²) in [7, 11) is 7.97. The summed E-state index contributed by atoms with van der Waals surface area (Å²) in [5.41, 5.74) is 0.988. The molecule has 0 aliphatic heterocycles. The second-order valence-electron chi connectivity index (χ2n) is 5.14. The number of fused-ring (bicyclic) bond motifs is 5. The minimum Gasteiger partial charge on any atom is -0.0721 e. The van der Waals surface area contributed by atoms with Crippen LogP contribution < -0.4 is 0 Å². The van der Waals surface area contributed by atoms with Crippen LogP contribution in [0.3, 0.4) is 0 Å². The Morgan fingerprint density at radius 3 is 2.57 bits per heavy atom. The zero-order chi connectivity index (χ0) is 9.97. The third kappa shape index (κ3) is 0.938. The molecule has 0 aromatic carbocycles. The Balaban J connectivity index is 2.31. The van der Waals surface area contributed by atoms with Crippen LogP contribution in [0.15, 0.2) is 0 Å². The molecule has 2 atom stereocenters. The number of rotatable bonds is 0. The highest BCUT2D eigenvalue weighted by Crippen LogP contribution is 2.69. The molecule has 0 amide bonds. The van der Waals surface area contributed by atoms with E-state index in [4.69, 9.17) is 0 Å². The molecular weight excluding hydrogens is 248 g/mol. The van der Waals surface area contributed by atoms with Crippen molar-refractivity contribution in [3.8, 4) is 0 Å². The predicted octanol–water partition coefficient (Wildman–Crippen LogP) is 5.23. The minimum atomic E-state index is 0.485. The number of hydrogen-bond donors (Lipinski definition) is 0. The van der Waals surface area contributed by atoms with Gasteiger partial charge in [-0.1, -0.05) is 41.5 Å². The van der Waals surface area contributed by atoms with E-state index in [-0.39, 0.29) is 0 Å². The zero-order valence-corrected chi connectivity index (χ0v) is 11.9. The van der Waals surface area contributed by atoms with Crippen molar-refractivity contribution in [3.63, 3.8) is 0 Å². The predicted molar refractivity (Wildman–Crippen MR) is 68.7 cm³/mol. The average Bonchev–Trinajstić information content (AvgIpc) is 2.49. The highest BCUT2D eigenvalue weighted by molar-refractivity contribution is 8.07. The smallest absolute Gasteiger partial charge is 0.0367 e. The molecule has 78 valence electrons. The Labute approximate surface area is 99.1 Å². The molecular formula is C10H14S4. The lowest BCUT2D eigenvalue weighted by molar-refractivity contribution is 0.234. The first kappa shape index (κ1) is 9.82. The van der Waals surface area contributed by atoms with E-state index in [0.29, 0.717) is 10.8 Å². The van der Waals surface area contributed by atoms with E-state index in [1.54, 1.807) is 9.75 Å². The summed E-state index contributed by atoms with van der Waals surface area (Å²) in [5, 5.41) is 0. The molecule has 0 nitrogen and oxygen atoms in total. The van der Waals surface area contributed by atoms with E-state index in [1.165, 1.54) is 12.8 Å². The van der Waals surface area contributed by atoms with Crippen molar-refractivity contribution in [2.24, 2.45) is 5.41 Å². The molecule has 2 aliphatic carbocycles. The van der Waals surface area contributed by atoms with Crippen molar-refractivity contribution >= 4 is 39.4 Å². The van der Waals surface area contributed by atoms with Crippen LogP contribution in [-0.2, 0) is 5.41 Å². The molecule has 2 aliphatic rings. The van der Waals surface area contributed by atoms with Crippen LogP contribution in [0.25, 0.3) is 0 Å². The summed E-state index contributed by atoms with van der Waals surface area (Å²) in [6, 6.07) is 0. The average molecular weight is 262 g/mol. The molecule has 3 rings (SSSR count). The Hall–Kier alpha value is 0.620. The summed E-state index contributed by atoms with van der Waals surface area (Å²) in [5.74, 6) is 0.855. The monoisotopic (exact) mass is 262 g/mol. The fourth-order valence-corrected chi connectivity index (χ4v) is 10.8. The Bertz CT molecular complexity index is 401. The van der Waals surface area contributed by atoms with E-state index in [1.807, 2.05) is 39.4 Å². The molecule has 1 fully saturated rings. The van der Waals surface area contributed by atoms with E-state index in [0.717, 1.165) is 5.92 Å². The maximum Gasteiger partial charge on any atom is 0.0367 e. The fourth-order valence-electron chi connectivity index (χ4n) is 3.12. The normalized spacial score (nSPS) is 37.2. The molecule has 0 radical (unpaired) electrons. The molecule has 4 heteroatoms. The molecule has 1 aromatic rings. The lowest BCUT2D eigenvalue weighted by atomic mass is 9.71. The first-order valence-corrected chi connectivity index (χ1v) is 9.81. The minimum absolute atomic E-state index is 0.485. The van der Waals surface area contributed by atoms with Gasteiger partial charge in [0.1, 0.15) is 0 Å². The Morgan fingerprint density at radius 2 is 1.86 bits per heavy atom. The van der Waals surface area contributed by atoms with Crippen molar-refractivity contribution in [1.29, 1.82) is 0 Å². The van der Waals surface area contributed by atoms with Gasteiger partial charge in [0.05, 0.1) is 0 Å². The lowest BCUT2D eigenvalue weighted by Crippen LogP contribution is -2.30. The Kier molecular flexibility index (Phi) is 1.99. The van der Waals surface area contributed by atoms with Crippen LogP contribution in [0.4, 0.5) is 0 Å². The van der Waals surface area contributed by atoms with Crippen molar-refractivity contribution < 1.29 is 0 Å². The van der Waals surface area contributed by atoms with Gasteiger partial charge in [-0.3, -0.25) is 0 Å². The maximum absolute atomic E-state index is 2.49. The van der Waals surface area contributed by atoms with Gasteiger partial charge in [0.25, 0.3) is 0 Å².